The lowest BCUT2D eigenvalue weighted by Crippen LogP contribution is -2.35. The van der Waals surface area contributed by atoms with Crippen molar-refractivity contribution in [1.29, 1.82) is 0 Å². The van der Waals surface area contributed by atoms with Crippen LogP contribution >= 0.6 is 0 Å². The summed E-state index contributed by atoms with van der Waals surface area (Å²) in [4.78, 5) is 9.48. The highest BCUT2D eigenvalue weighted by atomic mass is 15.4. The Balaban J connectivity index is 1.01. The maximum atomic E-state index is 2.37. The molecule has 0 amide bonds. The molecule has 0 saturated carbocycles. The second-order valence-electron chi connectivity index (χ2n) is 9.05. The van der Waals surface area contributed by atoms with E-state index >= 15 is 0 Å². The van der Waals surface area contributed by atoms with Crippen LogP contribution in [0.4, 0.5) is 0 Å². The molecule has 4 aromatic carbocycles. The topological polar surface area (TPSA) is 13.0 Å². The molecule has 0 aromatic heterocycles. The average molecular weight is 433 g/mol. The van der Waals surface area contributed by atoms with Crippen molar-refractivity contribution in [2.24, 2.45) is 0 Å². The molecule has 0 N–H and O–H groups in total. The summed E-state index contributed by atoms with van der Waals surface area (Å²) in [5.41, 5.74) is 2.70. The number of rotatable bonds is 6. The van der Waals surface area contributed by atoms with Crippen LogP contribution in [0.3, 0.4) is 0 Å². The van der Waals surface area contributed by atoms with Crippen LogP contribution in [-0.2, 0) is 13.1 Å². The van der Waals surface area contributed by atoms with Crippen LogP contribution in [0.25, 0.3) is 21.5 Å². The molecule has 0 saturated heterocycles. The number of nitrogens with zero attached hydrogens (tertiary/aromatic N) is 4. The summed E-state index contributed by atoms with van der Waals surface area (Å²) in [7, 11) is 0. The lowest BCUT2D eigenvalue weighted by atomic mass is 10.1. The van der Waals surface area contributed by atoms with Crippen molar-refractivity contribution < 1.29 is 0 Å². The third-order valence-corrected chi connectivity index (χ3v) is 6.47. The zero-order valence-corrected chi connectivity index (χ0v) is 18.7. The van der Waals surface area contributed by atoms with Gasteiger partial charge >= 0.3 is 0 Å². The van der Waals surface area contributed by atoms with Gasteiger partial charge in [0.25, 0.3) is 0 Å². The summed E-state index contributed by atoms with van der Waals surface area (Å²) >= 11 is 0. The third-order valence-electron chi connectivity index (χ3n) is 6.47. The fourth-order valence-electron chi connectivity index (χ4n) is 4.80. The first-order valence-corrected chi connectivity index (χ1v) is 11.6. The quantitative estimate of drug-likeness (QED) is 0.385. The van der Waals surface area contributed by atoms with Crippen LogP contribution in [0.1, 0.15) is 11.1 Å². The monoisotopic (exact) mass is 432 g/mol. The van der Waals surface area contributed by atoms with Gasteiger partial charge in [0.2, 0.25) is 0 Å². The summed E-state index contributed by atoms with van der Waals surface area (Å²) in [5.74, 6) is 0. The lowest BCUT2D eigenvalue weighted by Gasteiger charge is -2.27. The van der Waals surface area contributed by atoms with E-state index in [9.17, 15) is 0 Å². The van der Waals surface area contributed by atoms with Crippen molar-refractivity contribution >= 4 is 21.5 Å². The minimum Gasteiger partial charge on any atom is -0.354 e. The van der Waals surface area contributed by atoms with E-state index in [1.54, 1.807) is 0 Å². The Morgan fingerprint density at radius 2 is 0.879 bits per heavy atom. The molecular formula is C29H28N4. The molecule has 0 fully saturated rings. The minimum absolute atomic E-state index is 0.898. The average Bonchev–Trinajstić information content (AvgIpc) is 3.48. The first kappa shape index (κ1) is 19.7. The summed E-state index contributed by atoms with van der Waals surface area (Å²) in [6.07, 6.45) is 8.84. The molecule has 2 aliphatic rings. The fourth-order valence-corrected chi connectivity index (χ4v) is 4.80. The van der Waals surface area contributed by atoms with Crippen molar-refractivity contribution in [3.8, 4) is 0 Å². The Kier molecular flexibility index (Phi) is 5.11. The van der Waals surface area contributed by atoms with Gasteiger partial charge in [0, 0.05) is 37.9 Å². The van der Waals surface area contributed by atoms with Crippen LogP contribution in [0.15, 0.2) is 110 Å². The van der Waals surface area contributed by atoms with Crippen LogP contribution in [-0.4, -0.2) is 39.6 Å². The van der Waals surface area contributed by atoms with Gasteiger partial charge in [0.1, 0.15) is 0 Å². The number of hydrogen-bond acceptors (Lipinski definition) is 4. The van der Waals surface area contributed by atoms with Crippen molar-refractivity contribution in [2.75, 3.05) is 20.0 Å². The maximum absolute atomic E-state index is 2.37. The van der Waals surface area contributed by atoms with E-state index in [-0.39, 0.29) is 0 Å². The van der Waals surface area contributed by atoms with E-state index in [1.807, 2.05) is 0 Å². The van der Waals surface area contributed by atoms with Crippen molar-refractivity contribution in [2.45, 2.75) is 13.1 Å². The van der Waals surface area contributed by atoms with Gasteiger partial charge in [0.05, 0.1) is 20.0 Å². The van der Waals surface area contributed by atoms with Crippen LogP contribution < -0.4 is 0 Å². The maximum Gasteiger partial charge on any atom is 0.0927 e. The molecule has 0 atom stereocenters. The Morgan fingerprint density at radius 3 is 1.36 bits per heavy atom. The molecule has 6 rings (SSSR count). The van der Waals surface area contributed by atoms with E-state index in [4.69, 9.17) is 0 Å². The summed E-state index contributed by atoms with van der Waals surface area (Å²) in [6.45, 7) is 4.60. The van der Waals surface area contributed by atoms with Gasteiger partial charge < -0.3 is 19.6 Å². The largest absolute Gasteiger partial charge is 0.354 e. The first-order chi connectivity index (χ1) is 16.3. The molecule has 4 heteroatoms. The number of hydrogen-bond donors (Lipinski definition) is 0. The minimum atomic E-state index is 0.898. The van der Waals surface area contributed by atoms with Gasteiger partial charge in [-0.05, 0) is 44.8 Å². The van der Waals surface area contributed by atoms with Crippen LogP contribution in [0, 0.1) is 0 Å². The second-order valence-corrected chi connectivity index (χ2v) is 9.05. The highest BCUT2D eigenvalue weighted by Crippen LogP contribution is 2.21. The van der Waals surface area contributed by atoms with Gasteiger partial charge in [-0.25, -0.2) is 0 Å². The van der Waals surface area contributed by atoms with Gasteiger partial charge in [-0.2, -0.15) is 0 Å². The molecule has 0 radical (unpaired) electrons. The molecule has 4 nitrogen and oxygen atoms in total. The SMILES string of the molecule is C1=CN(CN2C=CN(Cc3ccc4ccccc4c3)C2)CN1Cc1ccc2ccccc2c1. The predicted molar refractivity (Wildman–Crippen MR) is 136 cm³/mol. The Hall–Kier alpha value is -3.92. The highest BCUT2D eigenvalue weighted by Gasteiger charge is 2.18. The van der Waals surface area contributed by atoms with Crippen molar-refractivity contribution in [1.82, 2.24) is 19.6 Å². The molecule has 2 heterocycles. The molecular weight excluding hydrogens is 404 g/mol. The van der Waals surface area contributed by atoms with E-state index in [0.29, 0.717) is 0 Å². The van der Waals surface area contributed by atoms with Crippen LogP contribution in [0.2, 0.25) is 0 Å². The van der Waals surface area contributed by atoms with Gasteiger partial charge in [-0.1, -0.05) is 72.8 Å². The third kappa shape index (κ3) is 4.37. The molecule has 0 aliphatic carbocycles. The highest BCUT2D eigenvalue weighted by molar-refractivity contribution is 5.83. The number of benzene rings is 4. The molecule has 2 aliphatic heterocycles. The lowest BCUT2D eigenvalue weighted by molar-refractivity contribution is 0.159. The summed E-state index contributed by atoms with van der Waals surface area (Å²) in [5, 5.41) is 5.22. The van der Waals surface area contributed by atoms with Gasteiger partial charge in [0.15, 0.2) is 0 Å². The Morgan fingerprint density at radius 1 is 0.455 bits per heavy atom. The molecule has 0 spiro atoms. The predicted octanol–water partition coefficient (Wildman–Crippen LogP) is 5.74. The van der Waals surface area contributed by atoms with Gasteiger partial charge in [-0.3, -0.25) is 0 Å². The summed E-state index contributed by atoms with van der Waals surface area (Å²) < 4.78 is 0. The smallest absolute Gasteiger partial charge is 0.0927 e. The summed E-state index contributed by atoms with van der Waals surface area (Å²) in [6, 6.07) is 30.7. The molecule has 164 valence electrons. The Labute approximate surface area is 195 Å². The fraction of sp³-hybridized carbons (Fsp3) is 0.172. The zero-order chi connectivity index (χ0) is 22.0. The van der Waals surface area contributed by atoms with Crippen molar-refractivity contribution in [3.05, 3.63) is 121 Å². The van der Waals surface area contributed by atoms with Gasteiger partial charge in [-0.15, -0.1) is 0 Å². The molecule has 33 heavy (non-hydrogen) atoms. The second kappa shape index (κ2) is 8.55. The van der Waals surface area contributed by atoms with E-state index in [0.717, 1.165) is 33.1 Å². The number of fused-ring (bicyclic) bond motifs is 2. The normalized spacial score (nSPS) is 15.5. The molecule has 0 bridgehead atoms. The van der Waals surface area contributed by atoms with E-state index < -0.39 is 0 Å². The zero-order valence-electron chi connectivity index (χ0n) is 18.7. The first-order valence-electron chi connectivity index (χ1n) is 11.6. The van der Waals surface area contributed by atoms with Crippen molar-refractivity contribution in [3.63, 3.8) is 0 Å². The van der Waals surface area contributed by atoms with E-state index in [2.05, 4.69) is 129 Å². The Bertz CT molecular complexity index is 1240. The standard InChI is InChI=1S/C29H28N4/c1-3-7-28-17-24(9-11-26(28)5-1)19-30-13-15-32(21-30)23-33-16-14-31(22-33)20-25-10-12-27-6-2-4-8-29(27)18-25/h1-18H,19-23H2. The van der Waals surface area contributed by atoms with E-state index in [1.165, 1.54) is 32.7 Å². The molecule has 0 unspecified atom stereocenters. The molecule has 4 aromatic rings. The van der Waals surface area contributed by atoms with Crippen LogP contribution in [0.5, 0.6) is 0 Å².